The highest BCUT2D eigenvalue weighted by Crippen LogP contribution is 2.32. The summed E-state index contributed by atoms with van der Waals surface area (Å²) in [7, 11) is -3.58. The molecule has 0 amide bonds. The Bertz CT molecular complexity index is 547. The first-order chi connectivity index (χ1) is 9.63. The van der Waals surface area contributed by atoms with Gasteiger partial charge in [0.2, 0.25) is 10.0 Å². The zero-order valence-electron chi connectivity index (χ0n) is 11.0. The van der Waals surface area contributed by atoms with Crippen molar-refractivity contribution in [1.82, 2.24) is 4.72 Å². The van der Waals surface area contributed by atoms with Crippen LogP contribution in [0.15, 0.2) is 23.1 Å². The van der Waals surface area contributed by atoms with E-state index in [-0.39, 0.29) is 18.0 Å². The number of sulfonamides is 1. The van der Waals surface area contributed by atoms with Crippen LogP contribution in [0.25, 0.3) is 0 Å². The molecule has 0 bridgehead atoms. The van der Waals surface area contributed by atoms with Crippen molar-refractivity contribution >= 4 is 10.0 Å². The van der Waals surface area contributed by atoms with E-state index in [1.807, 2.05) is 0 Å². The molecular formula is C12H18N2O5S. The van der Waals surface area contributed by atoms with Gasteiger partial charge in [-0.3, -0.25) is 0 Å². The topological polar surface area (TPSA) is 99.9 Å². The third-order valence-electron chi connectivity index (χ3n) is 2.62. The predicted molar refractivity (Wildman–Crippen MR) is 72.5 cm³/mol. The fourth-order valence-electron chi connectivity index (χ4n) is 1.71. The lowest BCUT2D eigenvalue weighted by atomic mass is 10.3. The molecule has 0 spiro atoms. The lowest BCUT2D eigenvalue weighted by molar-refractivity contribution is 0.147. The van der Waals surface area contributed by atoms with Crippen LogP contribution in [0.3, 0.4) is 0 Å². The van der Waals surface area contributed by atoms with E-state index < -0.39 is 10.0 Å². The number of fused-ring (bicyclic) bond motifs is 1. The molecule has 0 radical (unpaired) electrons. The Morgan fingerprint density at radius 1 is 1.20 bits per heavy atom. The first-order valence-corrected chi connectivity index (χ1v) is 7.79. The summed E-state index contributed by atoms with van der Waals surface area (Å²) in [6.07, 6.45) is 0. The number of rotatable bonds is 7. The molecule has 3 N–H and O–H groups in total. The van der Waals surface area contributed by atoms with E-state index in [0.717, 1.165) is 0 Å². The number of benzene rings is 1. The molecule has 1 aromatic carbocycles. The molecule has 1 aliphatic heterocycles. The summed E-state index contributed by atoms with van der Waals surface area (Å²) >= 11 is 0. The van der Waals surface area contributed by atoms with Gasteiger partial charge in [0.05, 0.1) is 18.1 Å². The van der Waals surface area contributed by atoms with Gasteiger partial charge >= 0.3 is 0 Å². The summed E-state index contributed by atoms with van der Waals surface area (Å²) in [6.45, 7) is 2.17. The van der Waals surface area contributed by atoms with E-state index in [9.17, 15) is 8.42 Å². The molecule has 1 heterocycles. The smallest absolute Gasteiger partial charge is 0.240 e. The van der Waals surface area contributed by atoms with E-state index >= 15 is 0 Å². The second kappa shape index (κ2) is 6.89. The van der Waals surface area contributed by atoms with E-state index in [1.165, 1.54) is 12.1 Å². The zero-order valence-corrected chi connectivity index (χ0v) is 11.8. The van der Waals surface area contributed by atoms with Gasteiger partial charge < -0.3 is 19.9 Å². The van der Waals surface area contributed by atoms with E-state index in [0.29, 0.717) is 37.9 Å². The molecule has 1 aromatic rings. The van der Waals surface area contributed by atoms with Gasteiger partial charge in [0.25, 0.3) is 0 Å². The van der Waals surface area contributed by atoms with Gasteiger partial charge in [-0.25, -0.2) is 13.1 Å². The highest BCUT2D eigenvalue weighted by Gasteiger charge is 2.18. The van der Waals surface area contributed by atoms with Gasteiger partial charge in [0.1, 0.15) is 13.2 Å². The van der Waals surface area contributed by atoms with Crippen LogP contribution < -0.4 is 19.9 Å². The first kappa shape index (κ1) is 15.0. The van der Waals surface area contributed by atoms with Crippen LogP contribution in [-0.4, -0.2) is 47.9 Å². The minimum Gasteiger partial charge on any atom is -0.486 e. The quantitative estimate of drug-likeness (QED) is 0.672. The van der Waals surface area contributed by atoms with Gasteiger partial charge in [-0.2, -0.15) is 0 Å². The maximum absolute atomic E-state index is 12.1. The molecule has 0 aliphatic carbocycles. The van der Waals surface area contributed by atoms with E-state index in [4.69, 9.17) is 19.9 Å². The van der Waals surface area contributed by atoms with Gasteiger partial charge in [-0.15, -0.1) is 0 Å². The third-order valence-corrected chi connectivity index (χ3v) is 4.08. The van der Waals surface area contributed by atoms with Crippen LogP contribution in [0.2, 0.25) is 0 Å². The minimum absolute atomic E-state index is 0.139. The Morgan fingerprint density at radius 3 is 2.70 bits per heavy atom. The van der Waals surface area contributed by atoms with Gasteiger partial charge in [0, 0.05) is 19.2 Å². The molecule has 0 unspecified atom stereocenters. The van der Waals surface area contributed by atoms with Crippen LogP contribution in [0.1, 0.15) is 0 Å². The monoisotopic (exact) mass is 302 g/mol. The van der Waals surface area contributed by atoms with Crippen LogP contribution >= 0.6 is 0 Å². The van der Waals surface area contributed by atoms with Crippen LogP contribution in [0.5, 0.6) is 11.5 Å². The van der Waals surface area contributed by atoms with E-state index in [1.54, 1.807) is 6.07 Å². The van der Waals surface area contributed by atoms with Crippen molar-refractivity contribution in [3.8, 4) is 11.5 Å². The zero-order chi connectivity index (χ0) is 14.4. The Kier molecular flexibility index (Phi) is 5.18. The average molecular weight is 302 g/mol. The molecule has 8 heteroatoms. The maximum Gasteiger partial charge on any atom is 0.240 e. The Morgan fingerprint density at radius 2 is 1.95 bits per heavy atom. The second-order valence-corrected chi connectivity index (χ2v) is 5.87. The number of nitrogens with two attached hydrogens (primary N) is 1. The molecular weight excluding hydrogens is 284 g/mol. The fraction of sp³-hybridized carbons (Fsp3) is 0.500. The Balaban J connectivity index is 1.98. The molecule has 112 valence electrons. The normalized spacial score (nSPS) is 14.2. The predicted octanol–water partition coefficient (Wildman–Crippen LogP) is -0.289. The van der Waals surface area contributed by atoms with Crippen LogP contribution in [-0.2, 0) is 14.8 Å². The summed E-state index contributed by atoms with van der Waals surface area (Å²) in [5, 5.41) is 0. The Hall–Kier alpha value is -1.35. The standard InChI is InChI=1S/C12H18N2O5S/c13-3-5-17-6-4-14-20(15,16)10-1-2-11-12(9-10)19-8-7-18-11/h1-2,9,14H,3-8,13H2. The lowest BCUT2D eigenvalue weighted by Gasteiger charge is -2.18. The van der Waals surface area contributed by atoms with Crippen molar-refractivity contribution in [1.29, 1.82) is 0 Å². The average Bonchev–Trinajstić information content (AvgIpc) is 2.46. The largest absolute Gasteiger partial charge is 0.486 e. The van der Waals surface area contributed by atoms with Gasteiger partial charge in [0.15, 0.2) is 11.5 Å². The summed E-state index contributed by atoms with van der Waals surface area (Å²) in [5.41, 5.74) is 5.26. The molecule has 0 atom stereocenters. The molecule has 0 aromatic heterocycles. The van der Waals surface area contributed by atoms with Crippen molar-refractivity contribution in [3.05, 3.63) is 18.2 Å². The molecule has 0 saturated carbocycles. The third kappa shape index (κ3) is 3.83. The Labute approximate surface area is 118 Å². The SMILES string of the molecule is NCCOCCNS(=O)(=O)c1ccc2c(c1)OCCO2. The van der Waals surface area contributed by atoms with Gasteiger partial charge in [-0.05, 0) is 12.1 Å². The minimum atomic E-state index is -3.58. The first-order valence-electron chi connectivity index (χ1n) is 6.30. The summed E-state index contributed by atoms with van der Waals surface area (Å²) in [5.74, 6) is 1.000. The number of ether oxygens (including phenoxy) is 3. The molecule has 0 fully saturated rings. The van der Waals surface area contributed by atoms with Crippen molar-refractivity contribution in [2.24, 2.45) is 5.73 Å². The summed E-state index contributed by atoms with van der Waals surface area (Å²) in [4.78, 5) is 0.139. The molecule has 0 saturated heterocycles. The fourth-order valence-corrected chi connectivity index (χ4v) is 2.74. The van der Waals surface area contributed by atoms with Crippen LogP contribution in [0, 0.1) is 0 Å². The van der Waals surface area contributed by atoms with Gasteiger partial charge in [-0.1, -0.05) is 0 Å². The van der Waals surface area contributed by atoms with Crippen molar-refractivity contribution in [2.45, 2.75) is 4.90 Å². The molecule has 7 nitrogen and oxygen atoms in total. The number of hydrogen-bond acceptors (Lipinski definition) is 6. The second-order valence-electron chi connectivity index (χ2n) is 4.10. The van der Waals surface area contributed by atoms with E-state index in [2.05, 4.69) is 4.72 Å². The lowest BCUT2D eigenvalue weighted by Crippen LogP contribution is -2.28. The highest BCUT2D eigenvalue weighted by atomic mass is 32.2. The number of nitrogens with one attached hydrogen (secondary N) is 1. The van der Waals surface area contributed by atoms with Crippen molar-refractivity contribution in [3.63, 3.8) is 0 Å². The summed E-state index contributed by atoms with van der Waals surface area (Å²) < 4.78 is 42.4. The van der Waals surface area contributed by atoms with Crippen LogP contribution in [0.4, 0.5) is 0 Å². The molecule has 20 heavy (non-hydrogen) atoms. The van der Waals surface area contributed by atoms with Crippen molar-refractivity contribution < 1.29 is 22.6 Å². The molecule has 2 rings (SSSR count). The summed E-state index contributed by atoms with van der Waals surface area (Å²) in [6, 6.07) is 4.53. The highest BCUT2D eigenvalue weighted by molar-refractivity contribution is 7.89. The number of hydrogen-bond donors (Lipinski definition) is 2. The maximum atomic E-state index is 12.1. The van der Waals surface area contributed by atoms with Crippen molar-refractivity contribution in [2.75, 3.05) is 39.5 Å². The molecule has 1 aliphatic rings.